The summed E-state index contributed by atoms with van der Waals surface area (Å²) in [4.78, 5) is 6.46. The molecule has 0 fully saturated rings. The molecule has 0 spiro atoms. The highest BCUT2D eigenvalue weighted by atomic mass is 19.1. The highest BCUT2D eigenvalue weighted by Crippen LogP contribution is 2.33. The van der Waals surface area contributed by atoms with Gasteiger partial charge in [-0.1, -0.05) is 12.1 Å². The quantitative estimate of drug-likeness (QED) is 0.725. The summed E-state index contributed by atoms with van der Waals surface area (Å²) >= 11 is 0. The lowest BCUT2D eigenvalue weighted by Crippen LogP contribution is -2.33. The average Bonchev–Trinajstić information content (AvgIpc) is 2.67. The van der Waals surface area contributed by atoms with E-state index in [4.69, 9.17) is 9.47 Å². The van der Waals surface area contributed by atoms with Gasteiger partial charge in [-0.05, 0) is 42.3 Å². The van der Waals surface area contributed by atoms with Crippen LogP contribution in [0.5, 0.6) is 11.5 Å². The van der Waals surface area contributed by atoms with Crippen LogP contribution in [0.1, 0.15) is 11.1 Å². The van der Waals surface area contributed by atoms with E-state index in [0.29, 0.717) is 29.9 Å². The second kappa shape index (κ2) is 6.69. The number of fused-ring (bicyclic) bond motifs is 3. The molecule has 0 radical (unpaired) electrons. The second-order valence-electron chi connectivity index (χ2n) is 6.17. The molecule has 0 saturated carbocycles. The Morgan fingerprint density at radius 2 is 2.08 bits per heavy atom. The number of halogens is 1. The minimum Gasteiger partial charge on any atom is -0.497 e. The molecule has 1 aromatic heterocycles. The van der Waals surface area contributed by atoms with Crippen molar-refractivity contribution in [1.82, 2.24) is 9.88 Å². The summed E-state index contributed by atoms with van der Waals surface area (Å²) in [5, 5.41) is 0.507. The monoisotopic (exact) mass is 338 g/mol. The number of methoxy groups -OCH3 is 1. The summed E-state index contributed by atoms with van der Waals surface area (Å²) in [6.45, 7) is 1.99. The van der Waals surface area contributed by atoms with Gasteiger partial charge in [0.15, 0.2) is 5.75 Å². The first-order valence-electron chi connectivity index (χ1n) is 8.29. The molecular formula is C20H19FN2O2. The van der Waals surface area contributed by atoms with E-state index in [-0.39, 0.29) is 5.82 Å². The Morgan fingerprint density at radius 1 is 1.24 bits per heavy atom. The van der Waals surface area contributed by atoms with Gasteiger partial charge in [0.25, 0.3) is 0 Å². The molecule has 0 saturated heterocycles. The summed E-state index contributed by atoms with van der Waals surface area (Å²) in [5.41, 5.74) is 2.69. The fourth-order valence-corrected chi connectivity index (χ4v) is 3.17. The summed E-state index contributed by atoms with van der Waals surface area (Å²) in [5.74, 6) is 1.31. The number of hydrogen-bond donors (Lipinski definition) is 0. The van der Waals surface area contributed by atoms with Gasteiger partial charge in [0.2, 0.25) is 0 Å². The molecule has 4 rings (SSSR count). The lowest BCUT2D eigenvalue weighted by atomic mass is 10.1. The van der Waals surface area contributed by atoms with E-state index in [0.717, 1.165) is 24.3 Å². The van der Waals surface area contributed by atoms with Crippen molar-refractivity contribution < 1.29 is 13.9 Å². The van der Waals surface area contributed by atoms with Crippen LogP contribution in [0.25, 0.3) is 10.9 Å². The Hall–Kier alpha value is -2.66. The maximum absolute atomic E-state index is 14.3. The number of aromatic nitrogens is 1. The van der Waals surface area contributed by atoms with Crippen LogP contribution in [0.2, 0.25) is 0 Å². The van der Waals surface area contributed by atoms with Crippen LogP contribution >= 0.6 is 0 Å². The van der Waals surface area contributed by atoms with E-state index in [9.17, 15) is 4.39 Å². The fourth-order valence-electron chi connectivity index (χ4n) is 3.17. The van der Waals surface area contributed by atoms with Gasteiger partial charge in [0.1, 0.15) is 23.8 Å². The van der Waals surface area contributed by atoms with Crippen molar-refractivity contribution in [2.24, 2.45) is 0 Å². The topological polar surface area (TPSA) is 34.6 Å². The van der Waals surface area contributed by atoms with Gasteiger partial charge >= 0.3 is 0 Å². The molecule has 0 unspecified atom stereocenters. The van der Waals surface area contributed by atoms with Crippen LogP contribution in [0, 0.1) is 5.82 Å². The molecule has 25 heavy (non-hydrogen) atoms. The molecule has 0 atom stereocenters. The third-order valence-electron chi connectivity index (χ3n) is 4.53. The van der Waals surface area contributed by atoms with Gasteiger partial charge in [-0.25, -0.2) is 4.39 Å². The smallest absolute Gasteiger partial charge is 0.152 e. The molecular weight excluding hydrogens is 319 g/mol. The van der Waals surface area contributed by atoms with E-state index in [2.05, 4.69) is 22.0 Å². The first-order valence-corrected chi connectivity index (χ1v) is 8.29. The van der Waals surface area contributed by atoms with Crippen molar-refractivity contribution in [3.8, 4) is 11.5 Å². The standard InChI is InChI=1S/C20H19FN2O2/c1-24-16-6-4-14(5-7-16)8-10-23-12-15-11-18(21)17-3-2-9-22-19(17)20(15)25-13-23/h2-7,9,11H,8,10,12-13H2,1H3. The number of benzene rings is 2. The Balaban J connectivity index is 1.49. The first kappa shape index (κ1) is 15.8. The zero-order valence-corrected chi connectivity index (χ0v) is 14.0. The predicted molar refractivity (Wildman–Crippen MR) is 94.3 cm³/mol. The van der Waals surface area contributed by atoms with Crippen LogP contribution in [-0.2, 0) is 13.0 Å². The number of ether oxygens (including phenoxy) is 2. The normalized spacial score (nSPS) is 14.2. The number of hydrogen-bond acceptors (Lipinski definition) is 4. The predicted octanol–water partition coefficient (Wildman–Crippen LogP) is 3.78. The summed E-state index contributed by atoms with van der Waals surface area (Å²) < 4.78 is 25.4. The van der Waals surface area contributed by atoms with Crippen molar-refractivity contribution >= 4 is 10.9 Å². The molecule has 4 nitrogen and oxygen atoms in total. The molecule has 2 heterocycles. The van der Waals surface area contributed by atoms with Gasteiger partial charge in [0.05, 0.1) is 7.11 Å². The van der Waals surface area contributed by atoms with Gasteiger partial charge in [0, 0.05) is 30.2 Å². The maximum Gasteiger partial charge on any atom is 0.152 e. The molecule has 0 bridgehead atoms. The number of rotatable bonds is 4. The zero-order valence-electron chi connectivity index (χ0n) is 14.0. The van der Waals surface area contributed by atoms with Crippen molar-refractivity contribution in [3.63, 3.8) is 0 Å². The third-order valence-corrected chi connectivity index (χ3v) is 4.53. The summed E-state index contributed by atoms with van der Waals surface area (Å²) in [6, 6.07) is 13.1. The Kier molecular flexibility index (Phi) is 4.24. The number of pyridine rings is 1. The van der Waals surface area contributed by atoms with Gasteiger partial charge in [-0.15, -0.1) is 0 Å². The molecule has 3 aromatic rings. The highest BCUT2D eigenvalue weighted by molar-refractivity contribution is 5.86. The lowest BCUT2D eigenvalue weighted by Gasteiger charge is -2.29. The third kappa shape index (κ3) is 3.15. The Labute approximate surface area is 145 Å². The fraction of sp³-hybridized carbons (Fsp3) is 0.250. The van der Waals surface area contributed by atoms with Crippen molar-refractivity contribution in [2.75, 3.05) is 20.4 Å². The second-order valence-corrected chi connectivity index (χ2v) is 6.17. The van der Waals surface area contributed by atoms with Crippen LogP contribution in [0.15, 0.2) is 48.7 Å². The maximum atomic E-state index is 14.3. The first-order chi connectivity index (χ1) is 12.2. The summed E-state index contributed by atoms with van der Waals surface area (Å²) in [7, 11) is 1.66. The molecule has 1 aliphatic rings. The van der Waals surface area contributed by atoms with Crippen LogP contribution in [-0.4, -0.2) is 30.3 Å². The number of nitrogens with zero attached hydrogens (tertiary/aromatic N) is 2. The highest BCUT2D eigenvalue weighted by Gasteiger charge is 2.22. The summed E-state index contributed by atoms with van der Waals surface area (Å²) in [6.07, 6.45) is 2.57. The molecule has 1 aliphatic heterocycles. The Morgan fingerprint density at radius 3 is 2.88 bits per heavy atom. The molecule has 0 N–H and O–H groups in total. The Bertz CT molecular complexity index is 896. The molecule has 0 amide bonds. The minimum atomic E-state index is -0.248. The van der Waals surface area contributed by atoms with Gasteiger partial charge in [-0.2, -0.15) is 0 Å². The van der Waals surface area contributed by atoms with Crippen LogP contribution in [0.3, 0.4) is 0 Å². The molecule has 2 aromatic carbocycles. The van der Waals surface area contributed by atoms with Gasteiger partial charge < -0.3 is 9.47 Å². The van der Waals surface area contributed by atoms with Crippen LogP contribution < -0.4 is 9.47 Å². The minimum absolute atomic E-state index is 0.248. The van der Waals surface area contributed by atoms with Crippen molar-refractivity contribution in [1.29, 1.82) is 0 Å². The van der Waals surface area contributed by atoms with E-state index >= 15 is 0 Å². The zero-order chi connectivity index (χ0) is 17.2. The molecule has 128 valence electrons. The van der Waals surface area contributed by atoms with Crippen LogP contribution in [0.4, 0.5) is 4.39 Å². The average molecular weight is 338 g/mol. The molecule has 5 heteroatoms. The van der Waals surface area contributed by atoms with Crippen molar-refractivity contribution in [3.05, 3.63) is 65.6 Å². The SMILES string of the molecule is COc1ccc(CCN2COc3c(cc(F)c4cccnc34)C2)cc1. The van der Waals surface area contributed by atoms with E-state index < -0.39 is 0 Å². The van der Waals surface area contributed by atoms with Crippen molar-refractivity contribution in [2.45, 2.75) is 13.0 Å². The van der Waals surface area contributed by atoms with E-state index in [1.54, 1.807) is 31.5 Å². The van der Waals surface area contributed by atoms with E-state index in [1.807, 2.05) is 12.1 Å². The van der Waals surface area contributed by atoms with Gasteiger partial charge in [-0.3, -0.25) is 9.88 Å². The van der Waals surface area contributed by atoms with E-state index in [1.165, 1.54) is 5.56 Å². The molecule has 0 aliphatic carbocycles. The largest absolute Gasteiger partial charge is 0.497 e. The lowest BCUT2D eigenvalue weighted by molar-refractivity contribution is 0.0978.